The Kier molecular flexibility index (Phi) is 4.94. The molecule has 2 rings (SSSR count). The summed E-state index contributed by atoms with van der Waals surface area (Å²) >= 11 is 0. The van der Waals surface area contributed by atoms with Gasteiger partial charge in [-0.1, -0.05) is 6.92 Å². The topological polar surface area (TPSA) is 26.2 Å². The lowest BCUT2D eigenvalue weighted by Crippen LogP contribution is -2.40. The van der Waals surface area contributed by atoms with Gasteiger partial charge < -0.3 is 14.6 Å². The standard InChI is InChI=1S/C18H28N2O/c1-6-18(4,5)19-10-12-20-11-9-15-13-16(21-14(2)3)7-8-17(15)20/h7-9,11,13-14,19H,6,10,12H2,1-5H3. The lowest BCUT2D eigenvalue weighted by molar-refractivity contribution is 0.243. The van der Waals surface area contributed by atoms with Crippen LogP contribution in [0.5, 0.6) is 5.75 Å². The van der Waals surface area contributed by atoms with Crippen molar-refractivity contribution in [1.29, 1.82) is 0 Å². The van der Waals surface area contributed by atoms with E-state index in [9.17, 15) is 0 Å². The molecular weight excluding hydrogens is 260 g/mol. The van der Waals surface area contributed by atoms with Crippen LogP contribution in [0, 0.1) is 0 Å². The summed E-state index contributed by atoms with van der Waals surface area (Å²) in [5, 5.41) is 4.84. The van der Waals surface area contributed by atoms with Gasteiger partial charge in [0.25, 0.3) is 0 Å². The normalized spacial score (nSPS) is 12.3. The maximum atomic E-state index is 5.75. The van der Waals surface area contributed by atoms with Crippen LogP contribution in [0.2, 0.25) is 0 Å². The Morgan fingerprint density at radius 3 is 2.67 bits per heavy atom. The highest BCUT2D eigenvalue weighted by Crippen LogP contribution is 2.22. The van der Waals surface area contributed by atoms with E-state index in [1.165, 1.54) is 10.9 Å². The Hall–Kier alpha value is -1.48. The molecule has 0 aliphatic rings. The van der Waals surface area contributed by atoms with Crippen LogP contribution in [-0.2, 0) is 6.54 Å². The Morgan fingerprint density at radius 1 is 1.24 bits per heavy atom. The summed E-state index contributed by atoms with van der Waals surface area (Å²) < 4.78 is 8.05. The van der Waals surface area contributed by atoms with Gasteiger partial charge in [-0.05, 0) is 58.4 Å². The van der Waals surface area contributed by atoms with Crippen LogP contribution in [0.3, 0.4) is 0 Å². The largest absolute Gasteiger partial charge is 0.491 e. The summed E-state index contributed by atoms with van der Waals surface area (Å²) in [6, 6.07) is 8.49. The molecule has 0 unspecified atom stereocenters. The van der Waals surface area contributed by atoms with Crippen LogP contribution in [0.25, 0.3) is 10.9 Å². The molecule has 3 heteroatoms. The SMILES string of the molecule is CCC(C)(C)NCCn1ccc2cc(OC(C)C)ccc21. The fourth-order valence-electron chi connectivity index (χ4n) is 2.36. The molecule has 1 aromatic heterocycles. The minimum atomic E-state index is 0.210. The summed E-state index contributed by atoms with van der Waals surface area (Å²) in [6.07, 6.45) is 3.50. The van der Waals surface area contributed by atoms with Gasteiger partial charge in [0.15, 0.2) is 0 Å². The number of nitrogens with one attached hydrogen (secondary N) is 1. The van der Waals surface area contributed by atoms with Gasteiger partial charge in [0, 0.05) is 35.7 Å². The Bertz CT molecular complexity index is 584. The third-order valence-corrected chi connectivity index (χ3v) is 3.95. The first-order valence-electron chi connectivity index (χ1n) is 7.92. The minimum Gasteiger partial charge on any atom is -0.491 e. The zero-order valence-corrected chi connectivity index (χ0v) is 13.9. The molecule has 1 heterocycles. The van der Waals surface area contributed by atoms with E-state index in [4.69, 9.17) is 4.74 Å². The van der Waals surface area contributed by atoms with E-state index in [1.807, 2.05) is 0 Å². The Balaban J connectivity index is 2.05. The van der Waals surface area contributed by atoms with Gasteiger partial charge in [-0.2, -0.15) is 0 Å². The van der Waals surface area contributed by atoms with Crippen LogP contribution < -0.4 is 10.1 Å². The van der Waals surface area contributed by atoms with Crippen LogP contribution in [0.1, 0.15) is 41.0 Å². The molecular formula is C18H28N2O. The number of rotatable bonds is 7. The van der Waals surface area contributed by atoms with Crippen molar-refractivity contribution in [3.63, 3.8) is 0 Å². The van der Waals surface area contributed by atoms with Crippen molar-refractivity contribution in [3.05, 3.63) is 30.5 Å². The molecule has 1 aromatic carbocycles. The Morgan fingerprint density at radius 2 is 2.00 bits per heavy atom. The van der Waals surface area contributed by atoms with Crippen LogP contribution in [-0.4, -0.2) is 22.8 Å². The van der Waals surface area contributed by atoms with Crippen molar-refractivity contribution in [2.45, 2.75) is 59.2 Å². The van der Waals surface area contributed by atoms with Crippen LogP contribution in [0.15, 0.2) is 30.5 Å². The van der Waals surface area contributed by atoms with Gasteiger partial charge >= 0.3 is 0 Å². The number of fused-ring (bicyclic) bond motifs is 1. The highest BCUT2D eigenvalue weighted by molar-refractivity contribution is 5.81. The van der Waals surface area contributed by atoms with Crippen molar-refractivity contribution >= 4 is 10.9 Å². The number of benzene rings is 1. The minimum absolute atomic E-state index is 0.210. The van der Waals surface area contributed by atoms with Gasteiger partial charge in [0.2, 0.25) is 0 Å². The third-order valence-electron chi connectivity index (χ3n) is 3.95. The number of hydrogen-bond donors (Lipinski definition) is 1. The number of nitrogens with zero attached hydrogens (tertiary/aromatic N) is 1. The lowest BCUT2D eigenvalue weighted by atomic mass is 10.0. The maximum Gasteiger partial charge on any atom is 0.120 e. The molecule has 0 saturated carbocycles. The summed E-state index contributed by atoms with van der Waals surface area (Å²) in [6.45, 7) is 12.8. The first kappa shape index (κ1) is 15.9. The average Bonchev–Trinajstić information content (AvgIpc) is 2.80. The predicted molar refractivity (Wildman–Crippen MR) is 90.1 cm³/mol. The molecule has 0 bridgehead atoms. The van der Waals surface area contributed by atoms with E-state index in [0.29, 0.717) is 0 Å². The van der Waals surface area contributed by atoms with Crippen molar-refractivity contribution in [3.8, 4) is 5.75 Å². The molecule has 0 fully saturated rings. The zero-order chi connectivity index (χ0) is 15.5. The molecule has 0 aliphatic heterocycles. The smallest absolute Gasteiger partial charge is 0.120 e. The first-order valence-corrected chi connectivity index (χ1v) is 7.92. The zero-order valence-electron chi connectivity index (χ0n) is 13.9. The average molecular weight is 288 g/mol. The second-order valence-electron chi connectivity index (χ2n) is 6.56. The van der Waals surface area contributed by atoms with Crippen molar-refractivity contribution in [2.75, 3.05) is 6.54 Å². The quantitative estimate of drug-likeness (QED) is 0.826. The highest BCUT2D eigenvalue weighted by Gasteiger charge is 2.13. The highest BCUT2D eigenvalue weighted by atomic mass is 16.5. The summed E-state index contributed by atoms with van der Waals surface area (Å²) in [5.41, 5.74) is 1.48. The van der Waals surface area contributed by atoms with Gasteiger partial charge in [0.05, 0.1) is 6.10 Å². The van der Waals surface area contributed by atoms with E-state index in [-0.39, 0.29) is 11.6 Å². The monoisotopic (exact) mass is 288 g/mol. The predicted octanol–water partition coefficient (Wildman–Crippen LogP) is 4.21. The van der Waals surface area contributed by atoms with Gasteiger partial charge in [-0.25, -0.2) is 0 Å². The van der Waals surface area contributed by atoms with E-state index >= 15 is 0 Å². The van der Waals surface area contributed by atoms with E-state index < -0.39 is 0 Å². The molecule has 0 saturated heterocycles. The van der Waals surface area contributed by atoms with Gasteiger partial charge in [-0.15, -0.1) is 0 Å². The molecule has 3 nitrogen and oxygen atoms in total. The number of hydrogen-bond acceptors (Lipinski definition) is 2. The number of aromatic nitrogens is 1. The second-order valence-corrected chi connectivity index (χ2v) is 6.56. The molecule has 2 aromatic rings. The summed E-state index contributed by atoms with van der Waals surface area (Å²) in [7, 11) is 0. The Labute approximate surface area is 128 Å². The van der Waals surface area contributed by atoms with E-state index in [2.05, 4.69) is 75.0 Å². The van der Waals surface area contributed by atoms with E-state index in [0.717, 1.165) is 25.3 Å². The molecule has 1 N–H and O–H groups in total. The molecule has 0 atom stereocenters. The lowest BCUT2D eigenvalue weighted by Gasteiger charge is -2.24. The van der Waals surface area contributed by atoms with Crippen LogP contribution >= 0.6 is 0 Å². The van der Waals surface area contributed by atoms with Gasteiger partial charge in [-0.3, -0.25) is 0 Å². The van der Waals surface area contributed by atoms with Crippen molar-refractivity contribution < 1.29 is 4.74 Å². The van der Waals surface area contributed by atoms with Crippen molar-refractivity contribution in [2.24, 2.45) is 0 Å². The fraction of sp³-hybridized carbons (Fsp3) is 0.556. The fourth-order valence-corrected chi connectivity index (χ4v) is 2.36. The maximum absolute atomic E-state index is 5.75. The van der Waals surface area contributed by atoms with Crippen molar-refractivity contribution in [1.82, 2.24) is 9.88 Å². The summed E-state index contributed by atoms with van der Waals surface area (Å²) in [4.78, 5) is 0. The molecule has 0 amide bonds. The van der Waals surface area contributed by atoms with E-state index in [1.54, 1.807) is 0 Å². The molecule has 116 valence electrons. The molecule has 0 spiro atoms. The second kappa shape index (κ2) is 6.52. The molecule has 0 aliphatic carbocycles. The molecule has 21 heavy (non-hydrogen) atoms. The third kappa shape index (κ3) is 4.24. The molecule has 0 radical (unpaired) electrons. The summed E-state index contributed by atoms with van der Waals surface area (Å²) in [5.74, 6) is 0.945. The first-order chi connectivity index (χ1) is 9.91. The van der Waals surface area contributed by atoms with Crippen LogP contribution in [0.4, 0.5) is 0 Å². The number of ether oxygens (including phenoxy) is 1. The van der Waals surface area contributed by atoms with Gasteiger partial charge in [0.1, 0.15) is 5.75 Å².